The van der Waals surface area contributed by atoms with E-state index in [1.54, 1.807) is 0 Å². The summed E-state index contributed by atoms with van der Waals surface area (Å²) in [5, 5.41) is 4.57. The number of rotatable bonds is 6. The third kappa shape index (κ3) is 2.50. The molecule has 1 atom stereocenters. The monoisotopic (exact) mass is 282 g/mol. The van der Waals surface area contributed by atoms with E-state index in [-0.39, 0.29) is 0 Å². The van der Waals surface area contributed by atoms with E-state index in [1.807, 2.05) is 6.92 Å². The number of fused-ring (bicyclic) bond motifs is 1. The Kier molecular flexibility index (Phi) is 4.50. The zero-order valence-electron chi connectivity index (χ0n) is 12.3. The molecule has 19 heavy (non-hydrogen) atoms. The topological polar surface area (TPSA) is 35.6 Å². The number of hydrogen-bond acceptors (Lipinski definition) is 2. The van der Waals surface area contributed by atoms with Gasteiger partial charge in [0, 0.05) is 24.9 Å². The Hall–Kier alpha value is -1.03. The summed E-state index contributed by atoms with van der Waals surface area (Å²) in [4.78, 5) is 4.77. The Labute approximate surface area is 119 Å². The number of aromatic nitrogens is 4. The van der Waals surface area contributed by atoms with Gasteiger partial charge in [-0.1, -0.05) is 13.3 Å². The molecule has 0 aliphatic rings. The molecule has 0 radical (unpaired) electrons. The molecular formula is C14H23ClN4. The van der Waals surface area contributed by atoms with Crippen LogP contribution in [0.3, 0.4) is 0 Å². The van der Waals surface area contributed by atoms with Crippen molar-refractivity contribution in [1.29, 1.82) is 0 Å². The molecule has 0 amide bonds. The number of hydrogen-bond donors (Lipinski definition) is 0. The fraction of sp³-hybridized carbons (Fsp3) is 0.714. The Morgan fingerprint density at radius 3 is 2.63 bits per heavy atom. The quantitative estimate of drug-likeness (QED) is 0.757. The summed E-state index contributed by atoms with van der Waals surface area (Å²) in [6.45, 7) is 9.49. The third-order valence-corrected chi connectivity index (χ3v) is 3.77. The van der Waals surface area contributed by atoms with Gasteiger partial charge in [0.1, 0.15) is 11.3 Å². The Morgan fingerprint density at radius 2 is 2.05 bits per heavy atom. The smallest absolute Gasteiger partial charge is 0.159 e. The second kappa shape index (κ2) is 5.95. The molecule has 0 spiro atoms. The molecule has 0 saturated carbocycles. The van der Waals surface area contributed by atoms with Crippen LogP contribution in [0.2, 0.25) is 0 Å². The number of halogens is 1. The maximum atomic E-state index is 5.92. The molecule has 0 N–H and O–H groups in total. The van der Waals surface area contributed by atoms with Crippen molar-refractivity contribution in [2.24, 2.45) is 0 Å². The van der Waals surface area contributed by atoms with Crippen LogP contribution in [0, 0.1) is 6.92 Å². The van der Waals surface area contributed by atoms with Crippen LogP contribution in [-0.4, -0.2) is 25.2 Å². The predicted octanol–water partition coefficient (Wildman–Crippen LogP) is 3.70. The lowest BCUT2D eigenvalue weighted by Crippen LogP contribution is -2.13. The predicted molar refractivity (Wildman–Crippen MR) is 80.0 cm³/mol. The maximum Gasteiger partial charge on any atom is 0.159 e. The van der Waals surface area contributed by atoms with Crippen molar-refractivity contribution in [3.63, 3.8) is 0 Å². The van der Waals surface area contributed by atoms with Crippen LogP contribution in [0.15, 0.2) is 0 Å². The Balaban J connectivity index is 2.63. The van der Waals surface area contributed by atoms with Crippen molar-refractivity contribution in [3.05, 3.63) is 11.5 Å². The van der Waals surface area contributed by atoms with Gasteiger partial charge in [-0.25, -0.2) is 9.67 Å². The molecule has 5 heteroatoms. The van der Waals surface area contributed by atoms with Gasteiger partial charge in [0.15, 0.2) is 5.65 Å². The molecule has 0 aliphatic heterocycles. The molecule has 0 saturated heterocycles. The normalized spacial score (nSPS) is 13.3. The summed E-state index contributed by atoms with van der Waals surface area (Å²) in [7, 11) is 0. The average molecular weight is 283 g/mol. The minimum absolute atomic E-state index is 0.439. The first-order valence-electron chi connectivity index (χ1n) is 7.14. The molecule has 2 aromatic rings. The fourth-order valence-corrected chi connectivity index (χ4v) is 2.89. The maximum absolute atomic E-state index is 5.92. The van der Waals surface area contributed by atoms with Crippen molar-refractivity contribution in [2.45, 2.75) is 59.5 Å². The van der Waals surface area contributed by atoms with Gasteiger partial charge in [0.2, 0.25) is 0 Å². The lowest BCUT2D eigenvalue weighted by Gasteiger charge is -2.17. The molecule has 2 rings (SSSR count). The summed E-state index contributed by atoms with van der Waals surface area (Å²) >= 11 is 5.92. The second-order valence-electron chi connectivity index (χ2n) is 5.05. The first-order chi connectivity index (χ1) is 9.13. The highest BCUT2D eigenvalue weighted by molar-refractivity contribution is 6.17. The summed E-state index contributed by atoms with van der Waals surface area (Å²) in [5.74, 6) is 1.70. The van der Waals surface area contributed by atoms with Gasteiger partial charge in [-0.05, 0) is 27.2 Å². The summed E-state index contributed by atoms with van der Waals surface area (Å²) in [5.41, 5.74) is 3.20. The lowest BCUT2D eigenvalue weighted by molar-refractivity contribution is 0.482. The lowest BCUT2D eigenvalue weighted by atomic mass is 10.2. The number of alkyl halides is 1. The van der Waals surface area contributed by atoms with Gasteiger partial charge < -0.3 is 4.57 Å². The van der Waals surface area contributed by atoms with Crippen LogP contribution in [0.25, 0.3) is 11.2 Å². The van der Waals surface area contributed by atoms with Gasteiger partial charge in [-0.3, -0.25) is 0 Å². The summed E-state index contributed by atoms with van der Waals surface area (Å²) < 4.78 is 4.40. The standard InChI is InChI=1S/C14H23ClN4/c1-5-7-10(3)19-12(8-9-15)16-13-11(4)17-18(6-2)14(13)19/h10H,5-9H2,1-4H3. The largest absolute Gasteiger partial charge is 0.310 e. The van der Waals surface area contributed by atoms with Crippen molar-refractivity contribution in [3.8, 4) is 0 Å². The van der Waals surface area contributed by atoms with Crippen LogP contribution in [0.1, 0.15) is 51.2 Å². The van der Waals surface area contributed by atoms with Crippen LogP contribution < -0.4 is 0 Å². The van der Waals surface area contributed by atoms with E-state index < -0.39 is 0 Å². The minimum Gasteiger partial charge on any atom is -0.310 e. The van der Waals surface area contributed by atoms with E-state index in [2.05, 4.69) is 35.1 Å². The molecule has 106 valence electrons. The van der Waals surface area contributed by atoms with Gasteiger partial charge >= 0.3 is 0 Å². The van der Waals surface area contributed by atoms with Gasteiger partial charge in [-0.15, -0.1) is 11.6 Å². The summed E-state index contributed by atoms with van der Waals surface area (Å²) in [6.07, 6.45) is 3.13. The molecule has 1 unspecified atom stereocenters. The number of nitrogens with zero attached hydrogens (tertiary/aromatic N) is 4. The Bertz CT molecular complexity index is 555. The van der Waals surface area contributed by atoms with Crippen LogP contribution >= 0.6 is 11.6 Å². The molecule has 0 aromatic carbocycles. The van der Waals surface area contributed by atoms with Gasteiger partial charge in [0.05, 0.1) is 5.69 Å². The van der Waals surface area contributed by atoms with Gasteiger partial charge in [-0.2, -0.15) is 5.10 Å². The fourth-order valence-electron chi connectivity index (χ4n) is 2.73. The molecule has 0 bridgehead atoms. The zero-order valence-corrected chi connectivity index (χ0v) is 13.0. The first kappa shape index (κ1) is 14.4. The number of imidazole rings is 1. The third-order valence-electron chi connectivity index (χ3n) is 3.58. The minimum atomic E-state index is 0.439. The highest BCUT2D eigenvalue weighted by Gasteiger charge is 2.20. The average Bonchev–Trinajstić information content (AvgIpc) is 2.88. The van der Waals surface area contributed by atoms with E-state index in [4.69, 9.17) is 16.6 Å². The first-order valence-corrected chi connectivity index (χ1v) is 7.67. The molecule has 0 fully saturated rings. The van der Waals surface area contributed by atoms with E-state index in [9.17, 15) is 0 Å². The van der Waals surface area contributed by atoms with E-state index in [1.165, 1.54) is 6.42 Å². The zero-order chi connectivity index (χ0) is 14.0. The van der Waals surface area contributed by atoms with Gasteiger partial charge in [0.25, 0.3) is 0 Å². The van der Waals surface area contributed by atoms with Crippen molar-refractivity contribution >= 4 is 22.8 Å². The molecule has 2 aromatic heterocycles. The Morgan fingerprint density at radius 1 is 1.32 bits per heavy atom. The van der Waals surface area contributed by atoms with Crippen LogP contribution in [-0.2, 0) is 13.0 Å². The molecule has 0 aliphatic carbocycles. The van der Waals surface area contributed by atoms with Crippen LogP contribution in [0.5, 0.6) is 0 Å². The summed E-state index contributed by atoms with van der Waals surface area (Å²) in [6, 6.07) is 0.439. The van der Waals surface area contributed by atoms with Crippen molar-refractivity contribution < 1.29 is 0 Å². The SMILES string of the molecule is CCCC(C)n1c(CCCl)nc2c(C)nn(CC)c21. The molecule has 2 heterocycles. The van der Waals surface area contributed by atoms with Crippen molar-refractivity contribution in [1.82, 2.24) is 19.3 Å². The highest BCUT2D eigenvalue weighted by Crippen LogP contribution is 2.26. The van der Waals surface area contributed by atoms with E-state index in [0.717, 1.165) is 42.1 Å². The second-order valence-corrected chi connectivity index (χ2v) is 5.43. The molecule has 4 nitrogen and oxygen atoms in total. The van der Waals surface area contributed by atoms with Crippen LogP contribution in [0.4, 0.5) is 0 Å². The van der Waals surface area contributed by atoms with E-state index in [0.29, 0.717) is 11.9 Å². The van der Waals surface area contributed by atoms with E-state index >= 15 is 0 Å². The van der Waals surface area contributed by atoms with Crippen molar-refractivity contribution in [2.75, 3.05) is 5.88 Å². The highest BCUT2D eigenvalue weighted by atomic mass is 35.5. The molecular weight excluding hydrogens is 260 g/mol. The number of aryl methyl sites for hydroxylation is 3.